The molecule has 0 heterocycles. The van der Waals surface area contributed by atoms with Gasteiger partial charge in [0.1, 0.15) is 0 Å². The molecule has 2 nitrogen and oxygen atoms in total. The summed E-state index contributed by atoms with van der Waals surface area (Å²) >= 11 is 3.27. The molecule has 0 aliphatic carbocycles. The Morgan fingerprint density at radius 1 is 1.55 bits per heavy atom. The Kier molecular flexibility index (Phi) is 2.64. The normalized spacial score (nSPS) is 9.18. The number of nitrogens with zero attached hydrogens (tertiary/aromatic N) is 1. The van der Waals surface area contributed by atoms with E-state index in [0.29, 0.717) is 12.1 Å². The van der Waals surface area contributed by atoms with E-state index in [1.807, 2.05) is 12.1 Å². The SMILES string of the molecule is N#Cc1cc(Br)ccc1CN. The van der Waals surface area contributed by atoms with E-state index in [4.69, 9.17) is 11.0 Å². The zero-order valence-electron chi connectivity index (χ0n) is 5.84. The van der Waals surface area contributed by atoms with Crippen LogP contribution in [0.4, 0.5) is 0 Å². The first-order valence-corrected chi connectivity index (χ1v) is 3.96. The highest BCUT2D eigenvalue weighted by Crippen LogP contribution is 2.15. The van der Waals surface area contributed by atoms with Gasteiger partial charge in [0.15, 0.2) is 0 Å². The van der Waals surface area contributed by atoms with E-state index in [-0.39, 0.29) is 0 Å². The van der Waals surface area contributed by atoms with Crippen LogP contribution >= 0.6 is 15.9 Å². The third-order valence-electron chi connectivity index (χ3n) is 1.41. The summed E-state index contributed by atoms with van der Waals surface area (Å²) in [5, 5.41) is 8.65. The zero-order valence-corrected chi connectivity index (χ0v) is 7.43. The summed E-state index contributed by atoms with van der Waals surface area (Å²) < 4.78 is 0.909. The second-order valence-corrected chi connectivity index (χ2v) is 3.03. The van der Waals surface area contributed by atoms with Gasteiger partial charge in [-0.25, -0.2) is 0 Å². The summed E-state index contributed by atoms with van der Waals surface area (Å²) in [7, 11) is 0. The summed E-state index contributed by atoms with van der Waals surface area (Å²) in [6, 6.07) is 7.57. The van der Waals surface area contributed by atoms with Crippen molar-refractivity contribution >= 4 is 15.9 Å². The predicted molar refractivity (Wildman–Crippen MR) is 46.7 cm³/mol. The van der Waals surface area contributed by atoms with E-state index in [0.717, 1.165) is 10.0 Å². The highest BCUT2D eigenvalue weighted by Gasteiger charge is 1.98. The van der Waals surface area contributed by atoms with Crippen LogP contribution in [0.5, 0.6) is 0 Å². The minimum absolute atomic E-state index is 0.413. The molecule has 0 aliphatic heterocycles. The second kappa shape index (κ2) is 3.51. The van der Waals surface area contributed by atoms with Crippen LogP contribution in [-0.4, -0.2) is 0 Å². The Labute approximate surface area is 73.8 Å². The third-order valence-corrected chi connectivity index (χ3v) is 1.91. The summed E-state index contributed by atoms with van der Waals surface area (Å²) in [4.78, 5) is 0. The summed E-state index contributed by atoms with van der Waals surface area (Å²) in [5.74, 6) is 0. The predicted octanol–water partition coefficient (Wildman–Crippen LogP) is 1.78. The van der Waals surface area contributed by atoms with Gasteiger partial charge < -0.3 is 5.73 Å². The first-order valence-electron chi connectivity index (χ1n) is 3.16. The van der Waals surface area contributed by atoms with Crippen LogP contribution in [0.3, 0.4) is 0 Å². The highest BCUT2D eigenvalue weighted by molar-refractivity contribution is 9.10. The lowest BCUT2D eigenvalue weighted by atomic mass is 10.1. The van der Waals surface area contributed by atoms with Crippen LogP contribution in [0, 0.1) is 11.3 Å². The Bertz CT molecular complexity index is 301. The van der Waals surface area contributed by atoms with Gasteiger partial charge in [-0.1, -0.05) is 22.0 Å². The number of hydrogen-bond donors (Lipinski definition) is 1. The molecule has 56 valence electrons. The Balaban J connectivity index is 3.19. The fourth-order valence-corrected chi connectivity index (χ4v) is 1.19. The number of rotatable bonds is 1. The molecule has 0 unspecified atom stereocenters. The molecular formula is C8H7BrN2. The van der Waals surface area contributed by atoms with Crippen LogP contribution in [0.15, 0.2) is 22.7 Å². The van der Waals surface area contributed by atoms with Crippen LogP contribution in [0.25, 0.3) is 0 Å². The lowest BCUT2D eigenvalue weighted by Gasteiger charge is -1.99. The van der Waals surface area contributed by atoms with Gasteiger partial charge in [-0.3, -0.25) is 0 Å². The van der Waals surface area contributed by atoms with Crippen molar-refractivity contribution in [2.24, 2.45) is 5.73 Å². The van der Waals surface area contributed by atoms with Gasteiger partial charge in [0.05, 0.1) is 11.6 Å². The molecule has 0 radical (unpaired) electrons. The first-order chi connectivity index (χ1) is 5.27. The van der Waals surface area contributed by atoms with Crippen LogP contribution in [0.1, 0.15) is 11.1 Å². The molecule has 0 spiro atoms. The molecule has 2 N–H and O–H groups in total. The molecule has 0 aliphatic rings. The highest BCUT2D eigenvalue weighted by atomic mass is 79.9. The maximum Gasteiger partial charge on any atom is 0.0995 e. The van der Waals surface area contributed by atoms with Gasteiger partial charge in [-0.2, -0.15) is 5.26 Å². The van der Waals surface area contributed by atoms with E-state index in [9.17, 15) is 0 Å². The topological polar surface area (TPSA) is 49.8 Å². The van der Waals surface area contributed by atoms with Gasteiger partial charge in [-0.05, 0) is 17.7 Å². The molecule has 0 bridgehead atoms. The van der Waals surface area contributed by atoms with Crippen molar-refractivity contribution in [3.63, 3.8) is 0 Å². The van der Waals surface area contributed by atoms with Crippen molar-refractivity contribution in [1.29, 1.82) is 5.26 Å². The molecule has 11 heavy (non-hydrogen) atoms. The molecule has 0 saturated carbocycles. The standard InChI is InChI=1S/C8H7BrN2/c9-8-2-1-6(4-10)7(3-8)5-11/h1-3H,4,10H2. The summed E-state index contributed by atoms with van der Waals surface area (Å²) in [6.45, 7) is 0.413. The van der Waals surface area contributed by atoms with E-state index in [2.05, 4.69) is 22.0 Å². The average molecular weight is 211 g/mol. The third kappa shape index (κ3) is 1.79. The van der Waals surface area contributed by atoms with E-state index in [1.54, 1.807) is 6.07 Å². The first kappa shape index (κ1) is 8.25. The Morgan fingerprint density at radius 3 is 2.82 bits per heavy atom. The van der Waals surface area contributed by atoms with Gasteiger partial charge >= 0.3 is 0 Å². The van der Waals surface area contributed by atoms with Crippen LogP contribution in [-0.2, 0) is 6.54 Å². The van der Waals surface area contributed by atoms with Gasteiger partial charge in [-0.15, -0.1) is 0 Å². The molecular weight excluding hydrogens is 204 g/mol. The number of hydrogen-bond acceptors (Lipinski definition) is 2. The van der Waals surface area contributed by atoms with Crippen molar-refractivity contribution in [2.45, 2.75) is 6.54 Å². The largest absolute Gasteiger partial charge is 0.326 e. The van der Waals surface area contributed by atoms with Crippen LogP contribution in [0.2, 0.25) is 0 Å². The van der Waals surface area contributed by atoms with Crippen molar-refractivity contribution in [2.75, 3.05) is 0 Å². The average Bonchev–Trinajstić information content (AvgIpc) is 2.04. The second-order valence-electron chi connectivity index (χ2n) is 2.12. The van der Waals surface area contributed by atoms with E-state index < -0.39 is 0 Å². The summed E-state index contributed by atoms with van der Waals surface area (Å²) in [6.07, 6.45) is 0. The van der Waals surface area contributed by atoms with Crippen molar-refractivity contribution in [3.05, 3.63) is 33.8 Å². The van der Waals surface area contributed by atoms with Gasteiger partial charge in [0.25, 0.3) is 0 Å². The minimum atomic E-state index is 0.413. The maximum absolute atomic E-state index is 8.65. The molecule has 1 aromatic carbocycles. The smallest absolute Gasteiger partial charge is 0.0995 e. The fourth-order valence-electron chi connectivity index (χ4n) is 0.831. The lowest BCUT2D eigenvalue weighted by Crippen LogP contribution is -1.98. The van der Waals surface area contributed by atoms with E-state index in [1.165, 1.54) is 0 Å². The number of nitriles is 1. The van der Waals surface area contributed by atoms with Crippen molar-refractivity contribution in [3.8, 4) is 6.07 Å². The quantitative estimate of drug-likeness (QED) is 0.769. The summed E-state index contributed by atoms with van der Waals surface area (Å²) in [5.41, 5.74) is 6.94. The molecule has 0 fully saturated rings. The molecule has 0 atom stereocenters. The molecule has 0 aromatic heterocycles. The van der Waals surface area contributed by atoms with Crippen molar-refractivity contribution in [1.82, 2.24) is 0 Å². The number of nitrogens with two attached hydrogens (primary N) is 1. The number of benzene rings is 1. The zero-order chi connectivity index (χ0) is 8.27. The van der Waals surface area contributed by atoms with Crippen molar-refractivity contribution < 1.29 is 0 Å². The monoisotopic (exact) mass is 210 g/mol. The molecule has 1 aromatic rings. The Hall–Kier alpha value is -0.850. The van der Waals surface area contributed by atoms with Gasteiger partial charge in [0, 0.05) is 11.0 Å². The molecule has 0 amide bonds. The molecule has 1 rings (SSSR count). The van der Waals surface area contributed by atoms with Gasteiger partial charge in [0.2, 0.25) is 0 Å². The minimum Gasteiger partial charge on any atom is -0.326 e. The molecule has 0 saturated heterocycles. The van der Waals surface area contributed by atoms with E-state index >= 15 is 0 Å². The maximum atomic E-state index is 8.65. The lowest BCUT2D eigenvalue weighted by molar-refractivity contribution is 1.06. The fraction of sp³-hybridized carbons (Fsp3) is 0.125. The van der Waals surface area contributed by atoms with Crippen LogP contribution < -0.4 is 5.73 Å². The Morgan fingerprint density at radius 2 is 2.27 bits per heavy atom. The molecule has 3 heteroatoms. The number of halogens is 1.